The van der Waals surface area contributed by atoms with E-state index in [2.05, 4.69) is 5.10 Å². The second-order valence-corrected chi connectivity index (χ2v) is 2.50. The van der Waals surface area contributed by atoms with Crippen LogP contribution in [0.1, 0.15) is 11.6 Å². The molecule has 0 aromatic carbocycles. The summed E-state index contributed by atoms with van der Waals surface area (Å²) in [6.45, 7) is 0. The number of nitrogens with zero attached hydrogens (tertiary/aromatic N) is 2. The Balaban J connectivity index is 2.94. The molecule has 1 atom stereocenters. The smallest absolute Gasteiger partial charge is 0.480 e. The predicted octanol–water partition coefficient (Wildman–Crippen LogP) is 0.444. The van der Waals surface area contributed by atoms with Crippen LogP contribution in [-0.4, -0.2) is 20.9 Å². The van der Waals surface area contributed by atoms with Gasteiger partial charge in [0.1, 0.15) is 6.04 Å². The molecular formula is C6H6F3N3O2. The highest BCUT2D eigenvalue weighted by molar-refractivity contribution is 5.74. The van der Waals surface area contributed by atoms with E-state index < -0.39 is 18.3 Å². The SMILES string of the molecule is NC(C(=O)O)c1cnn(C(F)(F)F)c1. The number of alkyl halides is 3. The van der Waals surface area contributed by atoms with Crippen LogP contribution in [0.15, 0.2) is 12.4 Å². The highest BCUT2D eigenvalue weighted by Gasteiger charge is 2.32. The van der Waals surface area contributed by atoms with E-state index in [1.165, 1.54) is 0 Å². The lowest BCUT2D eigenvalue weighted by Gasteiger charge is -2.04. The number of rotatable bonds is 2. The molecule has 0 saturated carbocycles. The molecule has 14 heavy (non-hydrogen) atoms. The molecule has 0 saturated heterocycles. The van der Waals surface area contributed by atoms with E-state index in [1.54, 1.807) is 0 Å². The Morgan fingerprint density at radius 3 is 2.57 bits per heavy atom. The zero-order valence-electron chi connectivity index (χ0n) is 6.69. The fourth-order valence-corrected chi connectivity index (χ4v) is 0.779. The van der Waals surface area contributed by atoms with E-state index >= 15 is 0 Å². The lowest BCUT2D eigenvalue weighted by atomic mass is 10.2. The summed E-state index contributed by atoms with van der Waals surface area (Å²) < 4.78 is 35.6. The summed E-state index contributed by atoms with van der Waals surface area (Å²) in [7, 11) is 0. The summed E-state index contributed by atoms with van der Waals surface area (Å²) in [5, 5.41) is 11.3. The number of aromatic nitrogens is 2. The lowest BCUT2D eigenvalue weighted by Crippen LogP contribution is -2.21. The van der Waals surface area contributed by atoms with E-state index in [0.29, 0.717) is 6.20 Å². The van der Waals surface area contributed by atoms with Crippen LogP contribution in [-0.2, 0) is 11.1 Å². The minimum Gasteiger partial charge on any atom is -0.480 e. The molecule has 0 radical (unpaired) electrons. The molecule has 0 aliphatic heterocycles. The molecule has 1 aromatic heterocycles. The average molecular weight is 209 g/mol. The number of aliphatic carboxylic acids is 1. The molecule has 3 N–H and O–H groups in total. The van der Waals surface area contributed by atoms with Crippen molar-refractivity contribution in [3.8, 4) is 0 Å². The first-order valence-corrected chi connectivity index (χ1v) is 3.42. The summed E-state index contributed by atoms with van der Waals surface area (Å²) in [6, 6.07) is -1.49. The van der Waals surface area contributed by atoms with Crippen LogP contribution in [0.5, 0.6) is 0 Å². The van der Waals surface area contributed by atoms with E-state index in [1.807, 2.05) is 0 Å². The predicted molar refractivity (Wildman–Crippen MR) is 38.1 cm³/mol. The van der Waals surface area contributed by atoms with Gasteiger partial charge in [0.05, 0.1) is 6.20 Å². The van der Waals surface area contributed by atoms with Crippen LogP contribution in [0.2, 0.25) is 0 Å². The molecule has 1 rings (SSSR count). The molecule has 0 aliphatic rings. The Morgan fingerprint density at radius 2 is 2.21 bits per heavy atom. The van der Waals surface area contributed by atoms with Gasteiger partial charge in [-0.15, -0.1) is 13.2 Å². The van der Waals surface area contributed by atoms with Crippen LogP contribution in [0.4, 0.5) is 13.2 Å². The fraction of sp³-hybridized carbons (Fsp3) is 0.333. The van der Waals surface area contributed by atoms with Gasteiger partial charge in [0.15, 0.2) is 0 Å². The maximum Gasteiger partial charge on any atom is 0.504 e. The van der Waals surface area contributed by atoms with Gasteiger partial charge in [0.25, 0.3) is 0 Å². The second-order valence-electron chi connectivity index (χ2n) is 2.50. The van der Waals surface area contributed by atoms with Crippen LogP contribution in [0.25, 0.3) is 0 Å². The van der Waals surface area contributed by atoms with Gasteiger partial charge in [-0.2, -0.15) is 9.78 Å². The molecule has 5 nitrogen and oxygen atoms in total. The number of nitrogens with two attached hydrogens (primary N) is 1. The van der Waals surface area contributed by atoms with Gasteiger partial charge in [0, 0.05) is 11.8 Å². The van der Waals surface area contributed by atoms with E-state index in [-0.39, 0.29) is 10.2 Å². The van der Waals surface area contributed by atoms with Gasteiger partial charge in [-0.1, -0.05) is 0 Å². The van der Waals surface area contributed by atoms with Gasteiger partial charge in [-0.25, -0.2) is 0 Å². The van der Waals surface area contributed by atoms with Crippen molar-refractivity contribution in [2.24, 2.45) is 5.73 Å². The fourth-order valence-electron chi connectivity index (χ4n) is 0.779. The monoisotopic (exact) mass is 209 g/mol. The first-order chi connectivity index (χ1) is 6.32. The number of hydrogen-bond acceptors (Lipinski definition) is 3. The Kier molecular flexibility index (Phi) is 2.47. The van der Waals surface area contributed by atoms with Crippen LogP contribution in [0, 0.1) is 0 Å². The van der Waals surface area contributed by atoms with Crippen LogP contribution in [0.3, 0.4) is 0 Å². The lowest BCUT2D eigenvalue weighted by molar-refractivity contribution is -0.212. The van der Waals surface area contributed by atoms with Crippen LogP contribution >= 0.6 is 0 Å². The van der Waals surface area contributed by atoms with Crippen molar-refractivity contribution < 1.29 is 23.1 Å². The zero-order valence-corrected chi connectivity index (χ0v) is 6.69. The molecule has 0 aliphatic carbocycles. The highest BCUT2D eigenvalue weighted by Crippen LogP contribution is 2.22. The normalized spacial score (nSPS) is 14.0. The number of hydrogen-bond donors (Lipinski definition) is 2. The number of carbonyl (C=O) groups is 1. The molecule has 0 bridgehead atoms. The third kappa shape index (κ3) is 2.02. The molecular weight excluding hydrogens is 203 g/mol. The van der Waals surface area contributed by atoms with Gasteiger partial charge in [0.2, 0.25) is 0 Å². The summed E-state index contributed by atoms with van der Waals surface area (Å²) in [5.41, 5.74) is 4.87. The van der Waals surface area contributed by atoms with Crippen molar-refractivity contribution in [2.45, 2.75) is 12.3 Å². The first-order valence-electron chi connectivity index (χ1n) is 3.42. The molecule has 8 heteroatoms. The van der Waals surface area contributed by atoms with Gasteiger partial charge < -0.3 is 10.8 Å². The van der Waals surface area contributed by atoms with E-state index in [4.69, 9.17) is 10.8 Å². The van der Waals surface area contributed by atoms with Gasteiger partial charge >= 0.3 is 12.3 Å². The Hall–Kier alpha value is -1.57. The molecule has 0 spiro atoms. The largest absolute Gasteiger partial charge is 0.504 e. The van der Waals surface area contributed by atoms with Crippen molar-refractivity contribution in [2.75, 3.05) is 0 Å². The summed E-state index contributed by atoms with van der Waals surface area (Å²) in [4.78, 5) is 10.3. The highest BCUT2D eigenvalue weighted by atomic mass is 19.4. The maximum atomic E-state index is 12.0. The number of carboxylic acid groups (broad SMARTS) is 1. The Labute approximate surface area is 75.9 Å². The number of halogens is 3. The third-order valence-corrected chi connectivity index (χ3v) is 1.49. The second kappa shape index (κ2) is 3.29. The van der Waals surface area contributed by atoms with Crippen molar-refractivity contribution >= 4 is 5.97 Å². The maximum absolute atomic E-state index is 12.0. The minimum absolute atomic E-state index is 0.199. The summed E-state index contributed by atoms with van der Waals surface area (Å²) in [6.07, 6.45) is -3.35. The van der Waals surface area contributed by atoms with Crippen molar-refractivity contribution in [3.05, 3.63) is 18.0 Å². The molecule has 1 unspecified atom stereocenters. The standard InChI is InChI=1S/C6H6F3N3O2/c7-6(8,9)12-2-3(1-11-12)4(10)5(13)14/h1-2,4H,10H2,(H,13,14). The number of carboxylic acids is 1. The molecule has 1 heterocycles. The minimum atomic E-state index is -4.66. The molecule has 0 amide bonds. The summed E-state index contributed by atoms with van der Waals surface area (Å²) in [5.74, 6) is -1.41. The van der Waals surface area contributed by atoms with Gasteiger partial charge in [-0.3, -0.25) is 4.79 Å². The van der Waals surface area contributed by atoms with Crippen LogP contribution < -0.4 is 5.73 Å². The Bertz CT molecular complexity index is 346. The average Bonchev–Trinajstić information content (AvgIpc) is 2.49. The molecule has 78 valence electrons. The zero-order chi connectivity index (χ0) is 10.9. The van der Waals surface area contributed by atoms with Crippen molar-refractivity contribution in [1.82, 2.24) is 9.78 Å². The third-order valence-electron chi connectivity index (χ3n) is 1.49. The first kappa shape index (κ1) is 10.5. The molecule has 1 aromatic rings. The summed E-state index contributed by atoms with van der Waals surface area (Å²) >= 11 is 0. The van der Waals surface area contributed by atoms with Crippen molar-refractivity contribution in [1.29, 1.82) is 0 Å². The van der Waals surface area contributed by atoms with E-state index in [9.17, 15) is 18.0 Å². The topological polar surface area (TPSA) is 81.1 Å². The Morgan fingerprint density at radius 1 is 1.64 bits per heavy atom. The van der Waals surface area contributed by atoms with Gasteiger partial charge in [-0.05, 0) is 0 Å². The molecule has 0 fully saturated rings. The van der Waals surface area contributed by atoms with Crippen molar-refractivity contribution in [3.63, 3.8) is 0 Å². The quantitative estimate of drug-likeness (QED) is 0.740. The van der Waals surface area contributed by atoms with E-state index in [0.717, 1.165) is 6.20 Å².